The molecule has 0 radical (unpaired) electrons. The van der Waals surface area contributed by atoms with Gasteiger partial charge in [-0.1, -0.05) is 25.5 Å². The minimum atomic E-state index is -0.606. The predicted octanol–water partition coefficient (Wildman–Crippen LogP) is 7.51. The van der Waals surface area contributed by atoms with Crippen LogP contribution in [0.15, 0.2) is 30.3 Å². The lowest BCUT2D eigenvalue weighted by atomic mass is 9.96. The molecule has 1 saturated carbocycles. The van der Waals surface area contributed by atoms with Gasteiger partial charge in [0.2, 0.25) is 0 Å². The van der Waals surface area contributed by atoms with E-state index in [0.717, 1.165) is 37.0 Å². The van der Waals surface area contributed by atoms with Crippen LogP contribution in [-0.4, -0.2) is 6.10 Å². The summed E-state index contributed by atoms with van der Waals surface area (Å²) < 4.78 is 51.6. The number of thiophene rings is 1. The Hall–Kier alpha value is -2.27. The van der Waals surface area contributed by atoms with E-state index in [4.69, 9.17) is 4.74 Å². The minimum Gasteiger partial charge on any atom is -0.487 e. The molecule has 0 aliphatic heterocycles. The maximum absolute atomic E-state index is 15.3. The molecule has 4 aromatic rings. The lowest BCUT2D eigenvalue weighted by Crippen LogP contribution is -2.24. The molecule has 1 aromatic heterocycles. The fourth-order valence-electron chi connectivity index (χ4n) is 3.90. The molecular weight excluding hydrogens is 381 g/mol. The van der Waals surface area contributed by atoms with Crippen molar-refractivity contribution >= 4 is 42.3 Å². The highest BCUT2D eigenvalue weighted by Gasteiger charge is 2.23. The van der Waals surface area contributed by atoms with Gasteiger partial charge < -0.3 is 4.74 Å². The number of halogens is 3. The zero-order valence-electron chi connectivity index (χ0n) is 15.5. The maximum Gasteiger partial charge on any atom is 0.182 e. The zero-order chi connectivity index (χ0) is 19.4. The van der Waals surface area contributed by atoms with E-state index in [-0.39, 0.29) is 21.9 Å². The van der Waals surface area contributed by atoms with E-state index in [2.05, 4.69) is 0 Å². The van der Waals surface area contributed by atoms with Crippen molar-refractivity contribution in [1.29, 1.82) is 0 Å². The molecule has 0 atom stereocenters. The fourth-order valence-corrected chi connectivity index (χ4v) is 5.06. The van der Waals surface area contributed by atoms with E-state index in [1.165, 1.54) is 0 Å². The number of benzene rings is 3. The first kappa shape index (κ1) is 17.8. The molecular formula is C23H19F3OS. The van der Waals surface area contributed by atoms with Crippen molar-refractivity contribution in [1.82, 2.24) is 0 Å². The standard InChI is InChI=1S/C23H19F3OS/c1-2-4-12-7-8-13-11-16-15-9-10-17(27-14-5-3-6-14)20(25)22(15)28-23(16)21(26)18(13)19(12)24/h7-11,14H,2-6H2,1H3. The van der Waals surface area contributed by atoms with Crippen molar-refractivity contribution in [2.45, 2.75) is 45.1 Å². The Morgan fingerprint density at radius 1 is 0.964 bits per heavy atom. The van der Waals surface area contributed by atoms with E-state index in [9.17, 15) is 4.39 Å². The number of rotatable bonds is 4. The number of aryl methyl sites for hydroxylation is 1. The van der Waals surface area contributed by atoms with E-state index in [1.54, 1.807) is 30.3 Å². The summed E-state index contributed by atoms with van der Waals surface area (Å²) in [5, 5.41) is 1.74. The Morgan fingerprint density at radius 3 is 2.46 bits per heavy atom. The molecule has 0 N–H and O–H groups in total. The Kier molecular flexibility index (Phi) is 4.23. The van der Waals surface area contributed by atoms with Gasteiger partial charge in [0.25, 0.3) is 0 Å². The van der Waals surface area contributed by atoms with Gasteiger partial charge in [-0.2, -0.15) is 0 Å². The number of ether oxygens (including phenoxy) is 1. The predicted molar refractivity (Wildman–Crippen MR) is 109 cm³/mol. The van der Waals surface area contributed by atoms with Gasteiger partial charge in [0, 0.05) is 10.8 Å². The van der Waals surface area contributed by atoms with Crippen molar-refractivity contribution in [3.8, 4) is 5.75 Å². The van der Waals surface area contributed by atoms with Crippen LogP contribution < -0.4 is 4.74 Å². The molecule has 0 amide bonds. The third kappa shape index (κ3) is 2.60. The molecule has 0 saturated heterocycles. The molecule has 1 fully saturated rings. The van der Waals surface area contributed by atoms with Crippen LogP contribution in [0.2, 0.25) is 0 Å². The van der Waals surface area contributed by atoms with E-state index < -0.39 is 17.5 Å². The lowest BCUT2D eigenvalue weighted by molar-refractivity contribution is 0.115. The van der Waals surface area contributed by atoms with Gasteiger partial charge in [0.05, 0.1) is 20.9 Å². The Morgan fingerprint density at radius 2 is 1.75 bits per heavy atom. The van der Waals surface area contributed by atoms with Crippen molar-refractivity contribution in [3.63, 3.8) is 0 Å². The smallest absolute Gasteiger partial charge is 0.182 e. The van der Waals surface area contributed by atoms with Crippen LogP contribution in [0, 0.1) is 17.5 Å². The summed E-state index contributed by atoms with van der Waals surface area (Å²) in [6.07, 6.45) is 4.37. The van der Waals surface area contributed by atoms with Crippen molar-refractivity contribution in [3.05, 3.63) is 53.3 Å². The maximum atomic E-state index is 15.3. The summed E-state index contributed by atoms with van der Waals surface area (Å²) in [7, 11) is 0. The molecule has 1 aliphatic carbocycles. The average molecular weight is 400 g/mol. The molecule has 1 nitrogen and oxygen atoms in total. The van der Waals surface area contributed by atoms with Gasteiger partial charge in [-0.25, -0.2) is 13.2 Å². The third-order valence-corrected chi connectivity index (χ3v) is 6.85. The zero-order valence-corrected chi connectivity index (χ0v) is 16.3. The lowest BCUT2D eigenvalue weighted by Gasteiger charge is -2.26. The van der Waals surface area contributed by atoms with Gasteiger partial charge >= 0.3 is 0 Å². The largest absolute Gasteiger partial charge is 0.487 e. The first-order valence-corrected chi connectivity index (χ1v) is 10.5. The molecule has 1 heterocycles. The van der Waals surface area contributed by atoms with Crippen molar-refractivity contribution in [2.24, 2.45) is 0 Å². The number of hydrogen-bond donors (Lipinski definition) is 0. The van der Waals surface area contributed by atoms with Crippen LogP contribution in [0.4, 0.5) is 13.2 Å². The number of fused-ring (bicyclic) bond motifs is 4. The molecule has 5 rings (SSSR count). The second-order valence-electron chi connectivity index (χ2n) is 7.48. The van der Waals surface area contributed by atoms with E-state index >= 15 is 8.78 Å². The summed E-state index contributed by atoms with van der Waals surface area (Å²) in [4.78, 5) is 0. The minimum absolute atomic E-state index is 0.00337. The monoisotopic (exact) mass is 400 g/mol. The highest BCUT2D eigenvalue weighted by molar-refractivity contribution is 7.26. The molecule has 0 unspecified atom stereocenters. The molecule has 0 spiro atoms. The van der Waals surface area contributed by atoms with Gasteiger partial charge in [0.1, 0.15) is 5.82 Å². The second kappa shape index (κ2) is 6.66. The summed E-state index contributed by atoms with van der Waals surface area (Å²) in [5.74, 6) is -1.36. The Balaban J connectivity index is 1.75. The highest BCUT2D eigenvalue weighted by atomic mass is 32.1. The Labute approximate surface area is 164 Å². The van der Waals surface area contributed by atoms with Crippen LogP contribution in [0.1, 0.15) is 38.2 Å². The molecule has 144 valence electrons. The summed E-state index contributed by atoms with van der Waals surface area (Å²) >= 11 is 1.03. The topological polar surface area (TPSA) is 9.23 Å². The Bertz CT molecular complexity index is 1220. The molecule has 5 heteroatoms. The van der Waals surface area contributed by atoms with Crippen LogP contribution in [0.3, 0.4) is 0 Å². The molecule has 28 heavy (non-hydrogen) atoms. The highest BCUT2D eigenvalue weighted by Crippen LogP contribution is 2.43. The average Bonchev–Trinajstić information content (AvgIpc) is 3.02. The molecule has 1 aliphatic rings. The van der Waals surface area contributed by atoms with Gasteiger partial charge in [-0.3, -0.25) is 0 Å². The van der Waals surface area contributed by atoms with Crippen LogP contribution in [-0.2, 0) is 6.42 Å². The molecule has 3 aromatic carbocycles. The SMILES string of the molecule is CCCc1ccc2cc3c(sc4c(F)c(OC5CCC5)ccc43)c(F)c2c1F. The fraction of sp³-hybridized carbons (Fsp3) is 0.304. The van der Waals surface area contributed by atoms with Crippen LogP contribution in [0.5, 0.6) is 5.75 Å². The van der Waals surface area contributed by atoms with Gasteiger partial charge in [0.15, 0.2) is 17.4 Å². The quantitative estimate of drug-likeness (QED) is 0.344. The summed E-state index contributed by atoms with van der Waals surface area (Å²) in [5.41, 5.74) is 0.511. The first-order chi connectivity index (χ1) is 13.6. The van der Waals surface area contributed by atoms with E-state index in [1.807, 2.05) is 6.92 Å². The van der Waals surface area contributed by atoms with Crippen molar-refractivity contribution < 1.29 is 17.9 Å². The third-order valence-electron chi connectivity index (χ3n) is 5.64. The van der Waals surface area contributed by atoms with Crippen molar-refractivity contribution in [2.75, 3.05) is 0 Å². The summed E-state index contributed by atoms with van der Waals surface area (Å²) in [6.45, 7) is 1.96. The normalized spacial score (nSPS) is 14.9. The van der Waals surface area contributed by atoms with Crippen LogP contribution >= 0.6 is 11.3 Å². The second-order valence-corrected chi connectivity index (χ2v) is 8.50. The molecule has 0 bridgehead atoms. The van der Waals surface area contributed by atoms with Gasteiger partial charge in [-0.15, -0.1) is 11.3 Å². The van der Waals surface area contributed by atoms with Crippen LogP contribution in [0.25, 0.3) is 30.9 Å². The van der Waals surface area contributed by atoms with E-state index in [0.29, 0.717) is 32.8 Å². The summed E-state index contributed by atoms with van der Waals surface area (Å²) in [6, 6.07) is 8.62. The first-order valence-electron chi connectivity index (χ1n) is 9.69. The number of hydrogen-bond acceptors (Lipinski definition) is 2. The van der Waals surface area contributed by atoms with Gasteiger partial charge in [-0.05, 0) is 54.8 Å².